The maximum atomic E-state index is 5.34. The number of nitrogens with one attached hydrogen (secondary N) is 2. The van der Waals surface area contributed by atoms with Crippen LogP contribution in [0.4, 0.5) is 0 Å². The van der Waals surface area contributed by atoms with Crippen LogP contribution in [0.1, 0.15) is 31.7 Å². The zero-order chi connectivity index (χ0) is 18.1. The van der Waals surface area contributed by atoms with Gasteiger partial charge in [0, 0.05) is 34.8 Å². The Hall–Kier alpha value is -2.60. The number of benzene rings is 2. The second kappa shape index (κ2) is 6.96. The van der Waals surface area contributed by atoms with E-state index < -0.39 is 0 Å². The molecule has 0 spiro atoms. The lowest BCUT2D eigenvalue weighted by molar-refractivity contribution is 0.731. The van der Waals surface area contributed by atoms with E-state index in [1.165, 1.54) is 27.4 Å². The molecule has 4 rings (SSSR count). The van der Waals surface area contributed by atoms with Gasteiger partial charge in [-0.25, -0.2) is 4.68 Å². The van der Waals surface area contributed by atoms with Crippen molar-refractivity contribution in [3.63, 3.8) is 0 Å². The van der Waals surface area contributed by atoms with Crippen LogP contribution in [0.25, 0.3) is 21.8 Å². The average molecular weight is 366 g/mol. The van der Waals surface area contributed by atoms with Crippen LogP contribution < -0.4 is 5.43 Å². The lowest BCUT2D eigenvalue weighted by Gasteiger charge is -2.10. The van der Waals surface area contributed by atoms with Crippen molar-refractivity contribution in [1.82, 2.24) is 19.4 Å². The molecule has 0 bridgehead atoms. The normalized spacial score (nSPS) is 11.5. The zero-order valence-corrected chi connectivity index (χ0v) is 15.9. The lowest BCUT2D eigenvalue weighted by Crippen LogP contribution is -2.17. The predicted octanol–water partition coefficient (Wildman–Crippen LogP) is 4.76. The third kappa shape index (κ3) is 2.80. The van der Waals surface area contributed by atoms with Gasteiger partial charge in [-0.15, -0.1) is 0 Å². The molecular weight excluding hydrogens is 342 g/mol. The molecule has 6 heteroatoms. The molecule has 4 aromatic rings. The highest BCUT2D eigenvalue weighted by Crippen LogP contribution is 2.29. The van der Waals surface area contributed by atoms with E-state index in [2.05, 4.69) is 76.5 Å². The fourth-order valence-corrected chi connectivity index (χ4v) is 3.82. The molecular formula is C20H23N5S. The minimum atomic E-state index is 0.608. The number of aromatic nitrogens is 4. The number of hydrogen-bond acceptors (Lipinski definition) is 3. The third-order valence-corrected chi connectivity index (χ3v) is 5.08. The molecule has 2 heterocycles. The standard InChI is InChI=1S/C20H23N5S/c1-3-7-19-22-23-20(26)25(19)21-13-14-10-11-18-16(12-14)15-8-5-6-9-17(15)24(18)4-2/h5-6,8-12,21H,3-4,7,13H2,1-2H3,(H,23,26). The van der Waals surface area contributed by atoms with Gasteiger partial charge in [0.2, 0.25) is 4.77 Å². The minimum absolute atomic E-state index is 0.608. The summed E-state index contributed by atoms with van der Waals surface area (Å²) >= 11 is 5.34. The van der Waals surface area contributed by atoms with Crippen molar-refractivity contribution >= 4 is 34.0 Å². The van der Waals surface area contributed by atoms with E-state index in [1.54, 1.807) is 0 Å². The number of aryl methyl sites for hydroxylation is 2. The molecule has 5 nitrogen and oxygen atoms in total. The first-order valence-electron chi connectivity index (χ1n) is 9.13. The number of aromatic amines is 1. The van der Waals surface area contributed by atoms with E-state index in [0.717, 1.165) is 25.2 Å². The molecule has 0 atom stereocenters. The lowest BCUT2D eigenvalue weighted by atomic mass is 10.1. The SMILES string of the molecule is CCCc1n[nH]c(=S)n1NCc1ccc2c(c1)c1ccccc1n2CC. The molecule has 0 radical (unpaired) electrons. The fraction of sp³-hybridized carbons (Fsp3) is 0.300. The molecule has 0 aliphatic carbocycles. The van der Waals surface area contributed by atoms with Crippen LogP contribution in [0, 0.1) is 4.77 Å². The predicted molar refractivity (Wildman–Crippen MR) is 110 cm³/mol. The smallest absolute Gasteiger partial charge is 0.214 e. The highest BCUT2D eigenvalue weighted by Gasteiger charge is 2.10. The van der Waals surface area contributed by atoms with Gasteiger partial charge in [0.05, 0.1) is 6.54 Å². The quantitative estimate of drug-likeness (QED) is 0.484. The number of rotatable bonds is 6. The monoisotopic (exact) mass is 365 g/mol. The first-order valence-corrected chi connectivity index (χ1v) is 9.53. The first kappa shape index (κ1) is 16.8. The fourth-order valence-electron chi connectivity index (χ4n) is 3.61. The van der Waals surface area contributed by atoms with Gasteiger partial charge < -0.3 is 9.99 Å². The maximum absolute atomic E-state index is 5.34. The summed E-state index contributed by atoms with van der Waals surface area (Å²) in [7, 11) is 0. The largest absolute Gasteiger partial charge is 0.341 e. The molecule has 0 saturated heterocycles. The number of nitrogens with zero attached hydrogens (tertiary/aromatic N) is 3. The van der Waals surface area contributed by atoms with Gasteiger partial charge >= 0.3 is 0 Å². The van der Waals surface area contributed by atoms with Crippen molar-refractivity contribution in [3.8, 4) is 0 Å². The van der Waals surface area contributed by atoms with Gasteiger partial charge in [-0.3, -0.25) is 5.10 Å². The highest BCUT2D eigenvalue weighted by molar-refractivity contribution is 7.71. The molecule has 26 heavy (non-hydrogen) atoms. The van der Waals surface area contributed by atoms with E-state index in [4.69, 9.17) is 12.2 Å². The van der Waals surface area contributed by atoms with Crippen LogP contribution in [0.2, 0.25) is 0 Å². The number of hydrogen-bond donors (Lipinski definition) is 2. The van der Waals surface area contributed by atoms with Crippen molar-refractivity contribution in [2.45, 2.75) is 39.8 Å². The number of para-hydroxylation sites is 1. The van der Waals surface area contributed by atoms with E-state index in [1.807, 2.05) is 4.68 Å². The van der Waals surface area contributed by atoms with Gasteiger partial charge in [-0.05, 0) is 49.3 Å². The zero-order valence-electron chi connectivity index (χ0n) is 15.1. The Labute approximate surface area is 157 Å². The molecule has 2 aromatic carbocycles. The van der Waals surface area contributed by atoms with Gasteiger partial charge in [0.25, 0.3) is 0 Å². The van der Waals surface area contributed by atoms with E-state index >= 15 is 0 Å². The molecule has 2 aromatic heterocycles. The second-order valence-electron chi connectivity index (χ2n) is 6.48. The molecule has 0 aliphatic rings. The third-order valence-electron chi connectivity index (χ3n) is 4.81. The van der Waals surface area contributed by atoms with Crippen molar-refractivity contribution in [3.05, 3.63) is 58.6 Å². The Morgan fingerprint density at radius 1 is 1.08 bits per heavy atom. The van der Waals surface area contributed by atoms with Crippen LogP contribution in [0.3, 0.4) is 0 Å². The molecule has 0 fully saturated rings. The van der Waals surface area contributed by atoms with Crippen LogP contribution in [-0.2, 0) is 19.5 Å². The second-order valence-corrected chi connectivity index (χ2v) is 6.86. The van der Waals surface area contributed by atoms with Crippen molar-refractivity contribution < 1.29 is 0 Å². The topological polar surface area (TPSA) is 50.6 Å². The Balaban J connectivity index is 1.69. The van der Waals surface area contributed by atoms with Gasteiger partial charge in [0.15, 0.2) is 5.82 Å². The van der Waals surface area contributed by atoms with Gasteiger partial charge in [-0.1, -0.05) is 31.2 Å². The number of fused-ring (bicyclic) bond motifs is 3. The summed E-state index contributed by atoms with van der Waals surface area (Å²) in [5.41, 5.74) is 7.20. The maximum Gasteiger partial charge on any atom is 0.214 e. The summed E-state index contributed by atoms with van der Waals surface area (Å²) in [5.74, 6) is 0.946. The summed E-state index contributed by atoms with van der Waals surface area (Å²) in [5, 5.41) is 9.78. The van der Waals surface area contributed by atoms with Crippen LogP contribution in [0.15, 0.2) is 42.5 Å². The Morgan fingerprint density at radius 2 is 1.88 bits per heavy atom. The van der Waals surface area contributed by atoms with E-state index in [-0.39, 0.29) is 0 Å². The van der Waals surface area contributed by atoms with Crippen molar-refractivity contribution in [2.24, 2.45) is 0 Å². The highest BCUT2D eigenvalue weighted by atomic mass is 32.1. The Morgan fingerprint density at radius 3 is 2.69 bits per heavy atom. The average Bonchev–Trinajstić information content (AvgIpc) is 3.17. The summed E-state index contributed by atoms with van der Waals surface area (Å²) in [6, 6.07) is 15.3. The Bertz CT molecular complexity index is 1120. The minimum Gasteiger partial charge on any atom is -0.341 e. The summed E-state index contributed by atoms with van der Waals surface area (Å²) in [6.45, 7) is 6.00. The molecule has 0 saturated carbocycles. The molecule has 0 unspecified atom stereocenters. The van der Waals surface area contributed by atoms with E-state index in [9.17, 15) is 0 Å². The van der Waals surface area contributed by atoms with Gasteiger partial charge in [0.1, 0.15) is 0 Å². The number of H-pyrrole nitrogens is 1. The molecule has 0 aliphatic heterocycles. The van der Waals surface area contributed by atoms with Crippen molar-refractivity contribution in [1.29, 1.82) is 0 Å². The summed E-state index contributed by atoms with van der Waals surface area (Å²) in [6.07, 6.45) is 1.92. The van der Waals surface area contributed by atoms with Crippen LogP contribution >= 0.6 is 12.2 Å². The Kier molecular flexibility index (Phi) is 4.51. The van der Waals surface area contributed by atoms with Crippen LogP contribution in [0.5, 0.6) is 0 Å². The van der Waals surface area contributed by atoms with E-state index in [0.29, 0.717) is 11.3 Å². The molecule has 134 valence electrons. The van der Waals surface area contributed by atoms with Gasteiger partial charge in [-0.2, -0.15) is 5.10 Å². The molecule has 2 N–H and O–H groups in total. The van der Waals surface area contributed by atoms with Crippen LogP contribution in [-0.4, -0.2) is 19.4 Å². The summed E-state index contributed by atoms with van der Waals surface area (Å²) < 4.78 is 4.86. The summed E-state index contributed by atoms with van der Waals surface area (Å²) in [4.78, 5) is 0. The molecule has 0 amide bonds. The van der Waals surface area contributed by atoms with Crippen molar-refractivity contribution in [2.75, 3.05) is 5.43 Å². The first-order chi connectivity index (χ1) is 12.7.